The van der Waals surface area contributed by atoms with Crippen molar-refractivity contribution in [2.75, 3.05) is 6.54 Å². The summed E-state index contributed by atoms with van der Waals surface area (Å²) in [7, 11) is -3.87. The average molecular weight is 301 g/mol. The number of hydrogen-bond donors (Lipinski definition) is 1. The lowest BCUT2D eigenvalue weighted by Gasteiger charge is -2.23. The zero-order valence-corrected chi connectivity index (χ0v) is 12.6. The highest BCUT2D eigenvalue weighted by Crippen LogP contribution is 2.19. The number of nitrogens with zero attached hydrogens (tertiary/aromatic N) is 1. The highest BCUT2D eigenvalue weighted by molar-refractivity contribution is 7.89. The van der Waals surface area contributed by atoms with Crippen LogP contribution in [0.15, 0.2) is 29.2 Å². The Bertz CT molecular complexity index is 568. The van der Waals surface area contributed by atoms with E-state index in [4.69, 9.17) is 9.94 Å². The minimum Gasteiger partial charge on any atom is -0.478 e. The van der Waals surface area contributed by atoms with Crippen molar-refractivity contribution in [2.24, 2.45) is 0 Å². The molecule has 1 N–H and O–H groups in total. The van der Waals surface area contributed by atoms with Crippen molar-refractivity contribution >= 4 is 16.0 Å². The maximum Gasteiger partial charge on any atom is 0.335 e. The van der Waals surface area contributed by atoms with Gasteiger partial charge < -0.3 is 5.11 Å². The summed E-state index contributed by atoms with van der Waals surface area (Å²) in [4.78, 5) is 16.1. The van der Waals surface area contributed by atoms with Crippen LogP contribution in [0.25, 0.3) is 0 Å². The van der Waals surface area contributed by atoms with Crippen molar-refractivity contribution in [3.05, 3.63) is 29.8 Å². The molecule has 112 valence electrons. The zero-order valence-electron chi connectivity index (χ0n) is 11.7. The van der Waals surface area contributed by atoms with Crippen molar-refractivity contribution < 1.29 is 23.2 Å². The van der Waals surface area contributed by atoms with E-state index in [1.54, 1.807) is 13.8 Å². The number of benzene rings is 1. The molecule has 20 heavy (non-hydrogen) atoms. The fraction of sp³-hybridized carbons (Fsp3) is 0.462. The average Bonchev–Trinajstić information content (AvgIpc) is 2.38. The minimum atomic E-state index is -3.87. The first kappa shape index (κ1) is 16.6. The lowest BCUT2D eigenvalue weighted by molar-refractivity contribution is -0.119. The van der Waals surface area contributed by atoms with Crippen LogP contribution in [0.1, 0.15) is 37.6 Å². The Labute approximate surface area is 119 Å². The molecule has 7 heteroatoms. The first-order valence-corrected chi connectivity index (χ1v) is 7.76. The van der Waals surface area contributed by atoms with Crippen LogP contribution in [-0.4, -0.2) is 36.6 Å². The number of aromatic carboxylic acids is 1. The monoisotopic (exact) mass is 301 g/mol. The number of carboxylic acids is 1. The number of rotatable bonds is 7. The number of carboxylic acid groups (broad SMARTS) is 1. The Balaban J connectivity index is 3.18. The van der Waals surface area contributed by atoms with Crippen LogP contribution >= 0.6 is 0 Å². The minimum absolute atomic E-state index is 0.0768. The van der Waals surface area contributed by atoms with Crippen LogP contribution in [0.4, 0.5) is 0 Å². The van der Waals surface area contributed by atoms with E-state index in [9.17, 15) is 13.2 Å². The molecule has 0 heterocycles. The van der Waals surface area contributed by atoms with Gasteiger partial charge in [-0.05, 0) is 38.5 Å². The number of sulfonamides is 1. The largest absolute Gasteiger partial charge is 0.478 e. The van der Waals surface area contributed by atoms with Gasteiger partial charge in [-0.25, -0.2) is 13.2 Å². The third-order valence-electron chi connectivity index (χ3n) is 2.38. The van der Waals surface area contributed by atoms with Gasteiger partial charge in [0, 0.05) is 6.54 Å². The summed E-state index contributed by atoms with van der Waals surface area (Å²) >= 11 is 0. The predicted molar refractivity (Wildman–Crippen MR) is 73.8 cm³/mol. The van der Waals surface area contributed by atoms with Gasteiger partial charge >= 0.3 is 5.97 Å². The van der Waals surface area contributed by atoms with Gasteiger partial charge in [0.15, 0.2) is 0 Å². The SMILES string of the molecule is CCCN(OC(C)C)S(=O)(=O)c1cccc(C(=O)O)c1. The summed E-state index contributed by atoms with van der Waals surface area (Å²) in [6.07, 6.45) is 0.295. The van der Waals surface area contributed by atoms with Crippen molar-refractivity contribution in [1.29, 1.82) is 0 Å². The maximum absolute atomic E-state index is 12.4. The Kier molecular flexibility index (Phi) is 5.67. The third kappa shape index (κ3) is 4.03. The Morgan fingerprint density at radius 2 is 2.05 bits per heavy atom. The molecule has 0 spiro atoms. The molecule has 0 bridgehead atoms. The molecule has 1 rings (SSSR count). The molecule has 0 unspecified atom stereocenters. The standard InChI is InChI=1S/C13H19NO5S/c1-4-8-14(19-10(2)3)20(17,18)12-7-5-6-11(9-12)13(15)16/h5-7,9-10H,4,8H2,1-3H3,(H,15,16). The molecule has 0 aliphatic carbocycles. The van der Waals surface area contributed by atoms with Gasteiger partial charge in [-0.15, -0.1) is 0 Å². The van der Waals surface area contributed by atoms with Gasteiger partial charge in [0.05, 0.1) is 16.6 Å². The molecule has 0 saturated heterocycles. The van der Waals surface area contributed by atoms with Gasteiger partial charge in [-0.1, -0.05) is 17.5 Å². The van der Waals surface area contributed by atoms with Gasteiger partial charge in [0.1, 0.15) is 0 Å². The van der Waals surface area contributed by atoms with Crippen molar-refractivity contribution in [3.63, 3.8) is 0 Å². The number of hydroxylamine groups is 1. The molecular weight excluding hydrogens is 282 g/mol. The maximum atomic E-state index is 12.4. The van der Waals surface area contributed by atoms with E-state index in [0.29, 0.717) is 6.42 Å². The van der Waals surface area contributed by atoms with Crippen LogP contribution in [0.2, 0.25) is 0 Å². The van der Waals surface area contributed by atoms with Gasteiger partial charge in [-0.2, -0.15) is 0 Å². The van der Waals surface area contributed by atoms with Crippen molar-refractivity contribution in [1.82, 2.24) is 4.47 Å². The van der Waals surface area contributed by atoms with Crippen molar-refractivity contribution in [3.8, 4) is 0 Å². The van der Waals surface area contributed by atoms with Gasteiger partial charge in [0.25, 0.3) is 10.0 Å². The molecule has 0 aliphatic rings. The van der Waals surface area contributed by atoms with Gasteiger partial charge in [-0.3, -0.25) is 4.84 Å². The quantitative estimate of drug-likeness (QED) is 0.780. The van der Waals surface area contributed by atoms with Crippen LogP contribution in [0, 0.1) is 0 Å². The summed E-state index contributed by atoms with van der Waals surface area (Å²) in [6, 6.07) is 5.22. The second kappa shape index (κ2) is 6.83. The molecule has 0 fully saturated rings. The molecule has 0 amide bonds. The molecule has 0 saturated carbocycles. The Hall–Kier alpha value is -1.44. The molecule has 1 aromatic rings. The lowest BCUT2D eigenvalue weighted by Crippen LogP contribution is -2.34. The summed E-state index contributed by atoms with van der Waals surface area (Å²) in [6.45, 7) is 5.50. The van der Waals surface area contributed by atoms with E-state index in [2.05, 4.69) is 0 Å². The fourth-order valence-electron chi connectivity index (χ4n) is 1.55. The smallest absolute Gasteiger partial charge is 0.335 e. The molecular formula is C13H19NO5S. The second-order valence-electron chi connectivity index (χ2n) is 4.52. The topological polar surface area (TPSA) is 83.9 Å². The molecule has 1 aromatic carbocycles. The van der Waals surface area contributed by atoms with E-state index in [1.165, 1.54) is 18.2 Å². The summed E-state index contributed by atoms with van der Waals surface area (Å²) in [5.41, 5.74) is -0.0768. The Morgan fingerprint density at radius 3 is 2.55 bits per heavy atom. The van der Waals surface area contributed by atoms with Crippen molar-refractivity contribution in [2.45, 2.75) is 38.2 Å². The third-order valence-corrected chi connectivity index (χ3v) is 4.04. The summed E-state index contributed by atoms with van der Waals surface area (Å²) in [5, 5.41) is 8.92. The number of carbonyl (C=O) groups is 1. The second-order valence-corrected chi connectivity index (χ2v) is 6.35. The normalized spacial score (nSPS) is 12.1. The van der Waals surface area contributed by atoms with E-state index in [-0.39, 0.29) is 23.1 Å². The predicted octanol–water partition coefficient (Wildman–Crippen LogP) is 2.13. The molecule has 0 radical (unpaired) electrons. The first-order chi connectivity index (χ1) is 9.28. The summed E-state index contributed by atoms with van der Waals surface area (Å²) < 4.78 is 25.8. The van der Waals surface area contributed by atoms with Gasteiger partial charge in [0.2, 0.25) is 0 Å². The van der Waals surface area contributed by atoms with E-state index < -0.39 is 16.0 Å². The molecule has 0 aliphatic heterocycles. The molecule has 0 aromatic heterocycles. The van der Waals surface area contributed by atoms with Crippen LogP contribution in [-0.2, 0) is 14.9 Å². The van der Waals surface area contributed by atoms with Crippen LogP contribution in [0.3, 0.4) is 0 Å². The van der Waals surface area contributed by atoms with E-state index >= 15 is 0 Å². The highest BCUT2D eigenvalue weighted by Gasteiger charge is 2.26. The Morgan fingerprint density at radius 1 is 1.40 bits per heavy atom. The zero-order chi connectivity index (χ0) is 15.3. The highest BCUT2D eigenvalue weighted by atomic mass is 32.2. The molecule has 6 nitrogen and oxygen atoms in total. The van der Waals surface area contributed by atoms with E-state index in [0.717, 1.165) is 10.5 Å². The first-order valence-electron chi connectivity index (χ1n) is 6.32. The molecule has 0 atom stereocenters. The number of hydrogen-bond acceptors (Lipinski definition) is 4. The van der Waals surface area contributed by atoms with Crippen LogP contribution in [0.5, 0.6) is 0 Å². The summed E-state index contributed by atoms with van der Waals surface area (Å²) in [5.74, 6) is -1.17. The van der Waals surface area contributed by atoms with Crippen LogP contribution < -0.4 is 0 Å². The fourth-order valence-corrected chi connectivity index (χ4v) is 3.02. The lowest BCUT2D eigenvalue weighted by atomic mass is 10.2. The van der Waals surface area contributed by atoms with E-state index in [1.807, 2.05) is 6.92 Å².